The van der Waals surface area contributed by atoms with Crippen LogP contribution in [0.25, 0.3) is 0 Å². The summed E-state index contributed by atoms with van der Waals surface area (Å²) in [5.41, 5.74) is 9.05. The van der Waals surface area contributed by atoms with Crippen LogP contribution in [0.2, 0.25) is 0 Å². The molecule has 2 aliphatic carbocycles. The van der Waals surface area contributed by atoms with Crippen molar-refractivity contribution < 1.29 is 0 Å². The highest BCUT2D eigenvalue weighted by Crippen LogP contribution is 2.45. The second-order valence-electron chi connectivity index (χ2n) is 3.91. The summed E-state index contributed by atoms with van der Waals surface area (Å²) in [5, 5.41) is 0. The van der Waals surface area contributed by atoms with Crippen LogP contribution in [0.15, 0.2) is 11.1 Å². The van der Waals surface area contributed by atoms with Crippen LogP contribution < -0.4 is 5.73 Å². The van der Waals surface area contributed by atoms with Gasteiger partial charge in [-0.1, -0.05) is 11.1 Å². The normalized spacial score (nSPS) is 28.6. The minimum absolute atomic E-state index is 0.863. The molecule has 1 saturated carbocycles. The van der Waals surface area contributed by atoms with Crippen molar-refractivity contribution in [3.63, 3.8) is 0 Å². The Kier molecular flexibility index (Phi) is 1.99. The fourth-order valence-electron chi connectivity index (χ4n) is 2.51. The fraction of sp³-hybridized carbons (Fsp3) is 0.800. The van der Waals surface area contributed by atoms with E-state index in [1.807, 2.05) is 0 Å². The summed E-state index contributed by atoms with van der Waals surface area (Å²) < 4.78 is 0. The molecule has 0 saturated heterocycles. The third-order valence-electron chi connectivity index (χ3n) is 3.11. The Morgan fingerprint density at radius 3 is 2.82 bits per heavy atom. The van der Waals surface area contributed by atoms with E-state index in [-0.39, 0.29) is 0 Å². The molecule has 62 valence electrons. The first-order valence-corrected chi connectivity index (χ1v) is 4.80. The summed E-state index contributed by atoms with van der Waals surface area (Å²) in [7, 11) is 0. The van der Waals surface area contributed by atoms with Gasteiger partial charge >= 0.3 is 0 Å². The Morgan fingerprint density at radius 2 is 2.27 bits per heavy atom. The van der Waals surface area contributed by atoms with E-state index in [1.54, 1.807) is 11.1 Å². The quantitative estimate of drug-likeness (QED) is 0.615. The van der Waals surface area contributed by atoms with Crippen LogP contribution in [0.3, 0.4) is 0 Å². The van der Waals surface area contributed by atoms with Crippen molar-refractivity contribution in [2.75, 3.05) is 6.54 Å². The summed E-state index contributed by atoms with van der Waals surface area (Å²) in [6, 6.07) is 0. The minimum atomic E-state index is 0.863. The van der Waals surface area contributed by atoms with Crippen molar-refractivity contribution in [2.45, 2.75) is 38.5 Å². The molecule has 11 heavy (non-hydrogen) atoms. The maximum atomic E-state index is 5.48. The number of nitrogens with two attached hydrogens (primary N) is 1. The molecule has 2 bridgehead atoms. The topological polar surface area (TPSA) is 26.0 Å². The van der Waals surface area contributed by atoms with Crippen LogP contribution in [0, 0.1) is 5.92 Å². The molecule has 2 N–H and O–H groups in total. The maximum absolute atomic E-state index is 5.48. The highest BCUT2D eigenvalue weighted by Gasteiger charge is 2.29. The van der Waals surface area contributed by atoms with Gasteiger partial charge in [-0.05, 0) is 51.0 Å². The molecular weight excluding hydrogens is 134 g/mol. The van der Waals surface area contributed by atoms with Crippen molar-refractivity contribution in [3.05, 3.63) is 11.1 Å². The third kappa shape index (κ3) is 1.34. The largest absolute Gasteiger partial charge is 0.330 e. The molecular formula is C10H17N. The highest BCUT2D eigenvalue weighted by molar-refractivity contribution is 5.25. The lowest BCUT2D eigenvalue weighted by Crippen LogP contribution is -2.01. The van der Waals surface area contributed by atoms with E-state index in [0.717, 1.165) is 12.5 Å². The lowest BCUT2D eigenvalue weighted by molar-refractivity contribution is 0.551. The monoisotopic (exact) mass is 151 g/mol. The zero-order valence-corrected chi connectivity index (χ0v) is 7.10. The first kappa shape index (κ1) is 7.35. The van der Waals surface area contributed by atoms with E-state index in [4.69, 9.17) is 5.73 Å². The Labute approximate surface area is 68.7 Å². The molecule has 1 atom stereocenters. The molecule has 0 aromatic carbocycles. The summed E-state index contributed by atoms with van der Waals surface area (Å²) in [6.07, 6.45) is 8.22. The van der Waals surface area contributed by atoms with Gasteiger partial charge in [-0.2, -0.15) is 0 Å². The van der Waals surface area contributed by atoms with Crippen LogP contribution in [0.5, 0.6) is 0 Å². The van der Waals surface area contributed by atoms with E-state index in [2.05, 4.69) is 0 Å². The molecule has 0 aromatic rings. The second-order valence-corrected chi connectivity index (χ2v) is 3.91. The molecule has 1 unspecified atom stereocenters. The van der Waals surface area contributed by atoms with E-state index in [1.165, 1.54) is 38.5 Å². The van der Waals surface area contributed by atoms with Gasteiger partial charge < -0.3 is 5.73 Å². The first-order chi connectivity index (χ1) is 5.40. The van der Waals surface area contributed by atoms with Gasteiger partial charge in [0.05, 0.1) is 0 Å². The standard InChI is InChI=1S/C10H17N/c11-5-1-2-9-6-8-3-4-10(9)7-8/h8H,1-7,11H2. The number of allylic oxidation sites excluding steroid dienone is 2. The van der Waals surface area contributed by atoms with Crippen LogP contribution in [-0.2, 0) is 0 Å². The Bertz CT molecular complexity index is 181. The summed E-state index contributed by atoms with van der Waals surface area (Å²) in [6.45, 7) is 0.863. The lowest BCUT2D eigenvalue weighted by atomic mass is 9.96. The molecule has 0 aromatic heterocycles. The van der Waals surface area contributed by atoms with Gasteiger partial charge in [-0.25, -0.2) is 0 Å². The smallest absolute Gasteiger partial charge is 0.00742 e. The molecule has 0 heterocycles. The van der Waals surface area contributed by atoms with E-state index < -0.39 is 0 Å². The van der Waals surface area contributed by atoms with E-state index >= 15 is 0 Å². The molecule has 1 heteroatoms. The van der Waals surface area contributed by atoms with Gasteiger partial charge in [-0.3, -0.25) is 0 Å². The predicted octanol–water partition coefficient (Wildman–Crippen LogP) is 2.23. The van der Waals surface area contributed by atoms with Gasteiger partial charge in [0.2, 0.25) is 0 Å². The lowest BCUT2D eigenvalue weighted by Gasteiger charge is -2.10. The molecule has 2 aliphatic rings. The zero-order valence-electron chi connectivity index (χ0n) is 7.10. The SMILES string of the molecule is NCCCC1=C2CCC(C1)C2. The Balaban J connectivity index is 1.93. The molecule has 1 nitrogen and oxygen atoms in total. The molecule has 1 fully saturated rings. The maximum Gasteiger partial charge on any atom is -0.00742 e. The summed E-state index contributed by atoms with van der Waals surface area (Å²) >= 11 is 0. The first-order valence-electron chi connectivity index (χ1n) is 4.80. The van der Waals surface area contributed by atoms with Crippen molar-refractivity contribution in [3.8, 4) is 0 Å². The predicted molar refractivity (Wildman–Crippen MR) is 47.3 cm³/mol. The van der Waals surface area contributed by atoms with Crippen LogP contribution in [-0.4, -0.2) is 6.54 Å². The van der Waals surface area contributed by atoms with Crippen molar-refractivity contribution in [1.29, 1.82) is 0 Å². The average molecular weight is 151 g/mol. The van der Waals surface area contributed by atoms with E-state index in [9.17, 15) is 0 Å². The Hall–Kier alpha value is -0.300. The number of rotatable bonds is 3. The molecule has 0 radical (unpaired) electrons. The third-order valence-corrected chi connectivity index (χ3v) is 3.11. The average Bonchev–Trinajstić information content (AvgIpc) is 2.60. The summed E-state index contributed by atoms with van der Waals surface area (Å²) in [4.78, 5) is 0. The molecule has 0 spiro atoms. The number of hydrogen-bond donors (Lipinski definition) is 1. The molecule has 2 rings (SSSR count). The minimum Gasteiger partial charge on any atom is -0.330 e. The van der Waals surface area contributed by atoms with Gasteiger partial charge in [0.15, 0.2) is 0 Å². The van der Waals surface area contributed by atoms with Gasteiger partial charge in [-0.15, -0.1) is 0 Å². The fourth-order valence-corrected chi connectivity index (χ4v) is 2.51. The van der Waals surface area contributed by atoms with Crippen molar-refractivity contribution in [1.82, 2.24) is 0 Å². The van der Waals surface area contributed by atoms with Crippen LogP contribution in [0.1, 0.15) is 38.5 Å². The molecule has 0 aliphatic heterocycles. The zero-order chi connectivity index (χ0) is 7.68. The highest BCUT2D eigenvalue weighted by atomic mass is 14.5. The Morgan fingerprint density at radius 1 is 1.36 bits per heavy atom. The van der Waals surface area contributed by atoms with Crippen molar-refractivity contribution in [2.24, 2.45) is 11.7 Å². The molecule has 0 amide bonds. The number of fused-ring (bicyclic) bond motifs is 2. The van der Waals surface area contributed by atoms with E-state index in [0.29, 0.717) is 0 Å². The van der Waals surface area contributed by atoms with Gasteiger partial charge in [0.1, 0.15) is 0 Å². The van der Waals surface area contributed by atoms with Crippen LogP contribution >= 0.6 is 0 Å². The van der Waals surface area contributed by atoms with Gasteiger partial charge in [0.25, 0.3) is 0 Å². The van der Waals surface area contributed by atoms with Crippen molar-refractivity contribution >= 4 is 0 Å². The van der Waals surface area contributed by atoms with Crippen LogP contribution in [0.4, 0.5) is 0 Å². The van der Waals surface area contributed by atoms with Gasteiger partial charge in [0, 0.05) is 0 Å². The summed E-state index contributed by atoms with van der Waals surface area (Å²) in [5.74, 6) is 1.04. The second kappa shape index (κ2) is 2.98. The number of hydrogen-bond acceptors (Lipinski definition) is 1.